The van der Waals surface area contributed by atoms with Crippen molar-refractivity contribution in [1.82, 2.24) is 60.2 Å². The number of aliphatic hydroxyl groups excluding tert-OH is 1. The van der Waals surface area contributed by atoms with Crippen molar-refractivity contribution in [2.45, 2.75) is 107 Å². The molecule has 13 N–H and O–H groups in total. The van der Waals surface area contributed by atoms with Crippen LogP contribution in [-0.4, -0.2) is 190 Å². The van der Waals surface area contributed by atoms with Crippen molar-refractivity contribution in [2.75, 3.05) is 55.8 Å². The number of phosphoric ester groups is 2. The van der Waals surface area contributed by atoms with Gasteiger partial charge >= 0.3 is 27.8 Å². The summed E-state index contributed by atoms with van der Waals surface area (Å²) in [6.07, 6.45) is -10.7. The lowest BCUT2D eigenvalue weighted by Crippen LogP contribution is -2.54. The zero-order valence-corrected chi connectivity index (χ0v) is 48.9. The first-order valence-electron chi connectivity index (χ1n) is 27.4. The molecule has 0 saturated carbocycles. The fourth-order valence-corrected chi connectivity index (χ4v) is 11.6. The Hall–Kier alpha value is -8.22. The fraction of sp³-hybridized carbons (Fsp3) is 0.480. The lowest BCUT2D eigenvalue weighted by molar-refractivity contribution is -0.137. The normalized spacial score (nSPS) is 26.4. The highest BCUT2D eigenvalue weighted by Crippen LogP contribution is 2.54. The Balaban J connectivity index is 0.742. The van der Waals surface area contributed by atoms with Gasteiger partial charge in [-0.25, -0.2) is 52.4 Å². The van der Waals surface area contributed by atoms with Gasteiger partial charge in [0.1, 0.15) is 67.2 Å². The number of amides is 8. The number of nitrogens with zero attached hydrogens (tertiary/aromatic N) is 8. The maximum Gasteiger partial charge on any atom is 0.472 e. The van der Waals surface area contributed by atoms with Gasteiger partial charge in [-0.05, 0) is 42.5 Å². The van der Waals surface area contributed by atoms with Crippen LogP contribution in [0.4, 0.5) is 35.7 Å². The molecule has 0 spiro atoms. The number of benzene rings is 1. The molecular weight excluding hydrogens is 1230 g/mol. The molecule has 39 heteroatoms. The van der Waals surface area contributed by atoms with E-state index < -0.39 is 144 Å². The van der Waals surface area contributed by atoms with Crippen molar-refractivity contribution in [1.29, 1.82) is 0 Å². The van der Waals surface area contributed by atoms with Gasteiger partial charge in [0.2, 0.25) is 17.7 Å². The molecule has 1 aromatic carbocycles. The summed E-state index contributed by atoms with van der Waals surface area (Å²) >= 11 is 0. The zero-order chi connectivity index (χ0) is 63.9. The summed E-state index contributed by atoms with van der Waals surface area (Å²) < 4.78 is 99.5. The third-order valence-electron chi connectivity index (χ3n) is 14.2. The van der Waals surface area contributed by atoms with Crippen LogP contribution in [0, 0.1) is 5.92 Å². The van der Waals surface area contributed by atoms with Gasteiger partial charge in [-0.3, -0.25) is 51.5 Å². The van der Waals surface area contributed by atoms with Gasteiger partial charge in [-0.15, -0.1) is 0 Å². The number of alkyl halides is 2. The van der Waals surface area contributed by atoms with E-state index in [2.05, 4.69) is 56.8 Å². The van der Waals surface area contributed by atoms with Crippen molar-refractivity contribution in [3.63, 3.8) is 0 Å². The van der Waals surface area contributed by atoms with Crippen LogP contribution in [0.15, 0.2) is 67.7 Å². The SMILES string of the molecule is CC(C)[C@H](NC(=O)CCN1C(=O)C=CC1=O)C(=O)N[C@@H](CCCNC(N)=O)C(=O)Nc1ccc(COC(=O)NCC(O)CNc2ncnc3c2ncn3[C@@H]2O[C@@H]3COP(=O)(O)O[C@H]4[C@@H](F)[C@H](n5ccc6c(N)ncnc65)O[C@@H]4COP(=O)(O)O[C@H]3[C@H]2F)cc1. The minimum Gasteiger partial charge on any atom is -0.445 e. The second kappa shape index (κ2) is 28.1. The first kappa shape index (κ1) is 65.2. The summed E-state index contributed by atoms with van der Waals surface area (Å²) in [5.41, 5.74) is 11.9. The minimum absolute atomic E-state index is 0.0130. The first-order chi connectivity index (χ1) is 42.3. The number of carbonyl (C=O) groups is 7. The van der Waals surface area contributed by atoms with E-state index >= 15 is 8.78 Å². The molecule has 89 heavy (non-hydrogen) atoms. The average molecular weight is 1290 g/mol. The highest BCUT2D eigenvalue weighted by atomic mass is 31.2. The fourth-order valence-electron chi connectivity index (χ4n) is 9.72. The summed E-state index contributed by atoms with van der Waals surface area (Å²) in [5, 5.41) is 26.7. The molecule has 4 aliphatic heterocycles. The summed E-state index contributed by atoms with van der Waals surface area (Å²) in [5.74, 6) is -3.47. The van der Waals surface area contributed by atoms with Gasteiger partial charge < -0.3 is 77.0 Å². The number of halogens is 2. The predicted octanol–water partition coefficient (Wildman–Crippen LogP) is 0.369. The number of imidazole rings is 1. The number of hydrogen-bond acceptors (Lipinski definition) is 24. The van der Waals surface area contributed by atoms with Crippen molar-refractivity contribution in [3.8, 4) is 0 Å². The lowest BCUT2D eigenvalue weighted by Gasteiger charge is -2.27. The Morgan fingerprint density at radius 2 is 1.44 bits per heavy atom. The molecule has 13 atom stereocenters. The molecule has 8 heterocycles. The van der Waals surface area contributed by atoms with Crippen molar-refractivity contribution in [2.24, 2.45) is 11.7 Å². The number of hydrogen-bond donors (Lipinski definition) is 11. The monoisotopic (exact) mass is 1290 g/mol. The minimum atomic E-state index is -5.28. The maximum atomic E-state index is 16.6. The van der Waals surface area contributed by atoms with Crippen molar-refractivity contribution < 1.29 is 98.7 Å². The highest BCUT2D eigenvalue weighted by Gasteiger charge is 2.55. The molecule has 3 fully saturated rings. The van der Waals surface area contributed by atoms with Gasteiger partial charge in [0.05, 0.1) is 31.0 Å². The number of urea groups is 1. The number of nitrogen functional groups attached to an aromatic ring is 1. The lowest BCUT2D eigenvalue weighted by atomic mass is 10.0. The third-order valence-corrected chi connectivity index (χ3v) is 16.2. The number of imide groups is 1. The molecule has 0 bridgehead atoms. The van der Waals surface area contributed by atoms with Crippen LogP contribution in [0.1, 0.15) is 51.1 Å². The molecule has 3 saturated heterocycles. The van der Waals surface area contributed by atoms with Crippen molar-refractivity contribution >= 4 is 96.8 Å². The van der Waals surface area contributed by atoms with Crippen LogP contribution in [0.2, 0.25) is 0 Å². The Labute approximate surface area is 502 Å². The number of phosphoric acid groups is 2. The second-order valence-corrected chi connectivity index (χ2v) is 23.6. The molecule has 480 valence electrons. The molecular formula is C50H62F2N16O19P2. The number of alkyl carbamates (subject to hydrolysis) is 1. The predicted molar refractivity (Wildman–Crippen MR) is 300 cm³/mol. The van der Waals surface area contributed by atoms with Crippen LogP contribution >= 0.6 is 15.6 Å². The molecule has 4 aliphatic rings. The number of fused-ring (bicyclic) bond motifs is 4. The molecule has 3 unspecified atom stereocenters. The van der Waals surface area contributed by atoms with Crippen molar-refractivity contribution in [3.05, 3.63) is 73.2 Å². The molecule has 8 amide bonds. The van der Waals surface area contributed by atoms with Crippen LogP contribution in [0.25, 0.3) is 22.2 Å². The largest absolute Gasteiger partial charge is 0.472 e. The van der Waals surface area contributed by atoms with E-state index in [-0.39, 0.29) is 86.2 Å². The van der Waals surface area contributed by atoms with E-state index in [1.54, 1.807) is 26.0 Å². The van der Waals surface area contributed by atoms with E-state index in [1.165, 1.54) is 29.0 Å². The molecule has 35 nitrogen and oxygen atoms in total. The van der Waals surface area contributed by atoms with E-state index in [4.69, 9.17) is 43.8 Å². The van der Waals surface area contributed by atoms with E-state index in [1.807, 2.05) is 0 Å². The number of nitrogens with two attached hydrogens (primary N) is 2. The molecule has 0 radical (unpaired) electrons. The molecule has 4 aromatic heterocycles. The van der Waals surface area contributed by atoms with E-state index in [9.17, 15) is 57.6 Å². The molecule has 0 aliphatic carbocycles. The summed E-state index contributed by atoms with van der Waals surface area (Å²) in [4.78, 5) is 131. The van der Waals surface area contributed by atoms with E-state index in [0.717, 1.165) is 40.6 Å². The number of aliphatic hydroxyl groups is 1. The number of ether oxygens (including phenoxy) is 3. The Bertz CT molecular complexity index is 3570. The van der Waals surface area contributed by atoms with Crippen LogP contribution < -0.4 is 43.4 Å². The Morgan fingerprint density at radius 1 is 0.809 bits per heavy atom. The number of anilines is 3. The van der Waals surface area contributed by atoms with Crippen LogP contribution in [-0.2, 0) is 72.0 Å². The van der Waals surface area contributed by atoms with Gasteiger partial charge in [-0.2, -0.15) is 0 Å². The number of nitrogens with one attached hydrogen (secondary N) is 6. The van der Waals surface area contributed by atoms with Crippen LogP contribution in [0.5, 0.6) is 0 Å². The summed E-state index contributed by atoms with van der Waals surface area (Å²) in [6.45, 7) is 0.391. The molecule has 5 aromatic rings. The van der Waals surface area contributed by atoms with Gasteiger partial charge in [0.15, 0.2) is 41.8 Å². The molecule has 9 rings (SSSR count). The number of rotatable bonds is 22. The second-order valence-electron chi connectivity index (χ2n) is 20.8. The standard InChI is InChI=1S/C50H62F2N16O19P2/c1-24(2)37(65-32(70)12-15-66-33(71)9-10-34(66)72)46(74)64-29(4-3-13-55-49(54)75)45(73)63-26-7-5-25(6-8-26)18-81-50(76)57-17-27(69)16-56-42-38-44(61-22-59-42)68(23-62-38)48-36(52)40-31(85-48)20-83-88(77,78)86-39-30(19-82-89(79,80)87-40)84-47(35(39)51)67-14-11-28-41(53)58-21-60-43(28)67/h5-11,14,21-24,27,29-31,35-37,39-40,47-48,69H,3-4,12-13,15-20H2,1-2H3,(H,57,76)(H,63,73)(H,64,74)(H,65,70)(H,77,78)(H,79,80)(H2,53,58,60)(H3,54,55,75)(H,56,59,61)/t27?,29-,30+,31+,35+,36+,37-,39+,40+,47+,48+/m0/s1. The Morgan fingerprint density at radius 3 is 2.08 bits per heavy atom. The zero-order valence-electron chi connectivity index (χ0n) is 47.1. The number of carbonyl (C=O) groups excluding carboxylic acids is 7. The van der Waals surface area contributed by atoms with Gasteiger partial charge in [0.25, 0.3) is 11.8 Å². The average Bonchev–Trinajstić information content (AvgIpc) is 1.66. The summed E-state index contributed by atoms with van der Waals surface area (Å²) in [6, 6.07) is 4.49. The quantitative estimate of drug-likeness (QED) is 0.0253. The Kier molecular flexibility index (Phi) is 20.6. The van der Waals surface area contributed by atoms with Gasteiger partial charge in [0, 0.05) is 56.6 Å². The third kappa shape index (κ3) is 16.0. The number of aromatic nitrogens is 7. The smallest absolute Gasteiger partial charge is 0.445 e. The topological polar surface area (TPSA) is 481 Å². The highest BCUT2D eigenvalue weighted by molar-refractivity contribution is 7.47. The first-order valence-corrected chi connectivity index (χ1v) is 30.4. The maximum absolute atomic E-state index is 16.6. The van der Waals surface area contributed by atoms with E-state index in [0.29, 0.717) is 10.9 Å². The van der Waals surface area contributed by atoms with Crippen LogP contribution in [0.3, 0.4) is 0 Å². The number of primary amides is 1. The summed E-state index contributed by atoms with van der Waals surface area (Å²) in [7, 11) is -10.5. The van der Waals surface area contributed by atoms with Gasteiger partial charge in [-0.1, -0.05) is 26.0 Å².